The topological polar surface area (TPSA) is 99.4 Å². The predicted octanol–water partition coefficient (Wildman–Crippen LogP) is 7.45. The van der Waals surface area contributed by atoms with E-state index in [1.165, 1.54) is 0 Å². The molecule has 0 unspecified atom stereocenters. The number of aromatic hydroxyl groups is 3. The molecule has 0 radical (unpaired) electrons. The molecule has 6 heteroatoms. The zero-order chi connectivity index (χ0) is 26.5. The average Bonchev–Trinajstić information content (AvgIpc) is 2.97. The number of fused-ring (bicyclic) bond motifs is 3. The molecule has 0 aliphatic rings. The molecule has 0 fully saturated rings. The van der Waals surface area contributed by atoms with E-state index < -0.39 is 0 Å². The molecule has 0 amide bonds. The van der Waals surface area contributed by atoms with Crippen LogP contribution in [0.4, 0.5) is 0 Å². The van der Waals surface area contributed by atoms with E-state index in [4.69, 9.17) is 0 Å². The van der Waals surface area contributed by atoms with E-state index in [0.29, 0.717) is 33.6 Å². The number of aromatic nitrogens is 3. The fourth-order valence-corrected chi connectivity index (χ4v) is 5.45. The minimum absolute atomic E-state index is 0.0169. The molecule has 186 valence electrons. The lowest BCUT2D eigenvalue weighted by Gasteiger charge is -2.19. The second kappa shape index (κ2) is 8.82. The van der Waals surface area contributed by atoms with Crippen molar-refractivity contribution in [2.24, 2.45) is 0 Å². The number of phenols is 3. The largest absolute Gasteiger partial charge is 0.507 e. The zero-order valence-corrected chi connectivity index (χ0v) is 20.6. The van der Waals surface area contributed by atoms with Gasteiger partial charge >= 0.3 is 0 Å². The van der Waals surface area contributed by atoms with Crippen molar-refractivity contribution >= 4 is 32.3 Å². The SMILES string of the molecule is Oc1ccc2ccccc2c1-c1nnnc(-c2c(O)ccc3ccccc23)c1-c1c(O)ccc2ccccc12. The van der Waals surface area contributed by atoms with E-state index in [9.17, 15) is 15.3 Å². The third-order valence-electron chi connectivity index (χ3n) is 7.21. The monoisotopic (exact) mass is 507 g/mol. The van der Waals surface area contributed by atoms with Crippen molar-refractivity contribution in [2.45, 2.75) is 0 Å². The van der Waals surface area contributed by atoms with E-state index in [1.54, 1.807) is 18.2 Å². The molecule has 0 aliphatic heterocycles. The standard InChI is InChI=1S/C33H21N3O3/c37-25-16-13-19-7-1-4-10-22(19)28(25)31-32(29-23-11-5-2-8-20(23)14-17-26(29)38)34-36-35-33(31)30-24-12-6-3-9-21(24)15-18-27(30)39/h1-18,37-39H. The first-order valence-electron chi connectivity index (χ1n) is 12.5. The first-order chi connectivity index (χ1) is 19.1. The van der Waals surface area contributed by atoms with Crippen LogP contribution in [0.5, 0.6) is 17.2 Å². The Kier molecular flexibility index (Phi) is 5.13. The summed E-state index contributed by atoms with van der Waals surface area (Å²) < 4.78 is 0. The van der Waals surface area contributed by atoms with Crippen molar-refractivity contribution in [3.05, 3.63) is 109 Å². The number of hydrogen-bond acceptors (Lipinski definition) is 6. The predicted molar refractivity (Wildman–Crippen MR) is 154 cm³/mol. The minimum Gasteiger partial charge on any atom is -0.507 e. The van der Waals surface area contributed by atoms with Gasteiger partial charge in [0.25, 0.3) is 0 Å². The molecule has 0 aliphatic carbocycles. The third-order valence-corrected chi connectivity index (χ3v) is 7.21. The van der Waals surface area contributed by atoms with Crippen molar-refractivity contribution < 1.29 is 15.3 Å². The summed E-state index contributed by atoms with van der Waals surface area (Å²) in [6.07, 6.45) is 0. The van der Waals surface area contributed by atoms with Gasteiger partial charge in [0.2, 0.25) is 0 Å². The number of nitrogens with zero attached hydrogens (tertiary/aromatic N) is 3. The number of benzene rings is 6. The van der Waals surface area contributed by atoms with E-state index >= 15 is 0 Å². The normalized spacial score (nSPS) is 11.4. The second-order valence-corrected chi connectivity index (χ2v) is 9.40. The number of phenolic OH excluding ortho intramolecular Hbond substituents is 3. The van der Waals surface area contributed by atoms with Gasteiger partial charge in [0.05, 0.1) is 11.1 Å². The van der Waals surface area contributed by atoms with Gasteiger partial charge in [-0.2, -0.15) is 0 Å². The van der Waals surface area contributed by atoms with Gasteiger partial charge in [-0.3, -0.25) is 0 Å². The van der Waals surface area contributed by atoms with Gasteiger partial charge in [0.1, 0.15) is 28.6 Å². The second-order valence-electron chi connectivity index (χ2n) is 9.40. The third kappa shape index (κ3) is 3.54. The quantitative estimate of drug-likeness (QED) is 0.230. The fourth-order valence-electron chi connectivity index (χ4n) is 5.45. The number of rotatable bonds is 3. The summed E-state index contributed by atoms with van der Waals surface area (Å²) in [4.78, 5) is 0. The lowest BCUT2D eigenvalue weighted by atomic mass is 9.88. The van der Waals surface area contributed by atoms with Gasteiger partial charge in [-0.1, -0.05) is 91.0 Å². The van der Waals surface area contributed by atoms with E-state index in [-0.39, 0.29) is 17.2 Å². The summed E-state index contributed by atoms with van der Waals surface area (Å²) in [5.74, 6) is 0.0528. The van der Waals surface area contributed by atoms with Crippen LogP contribution < -0.4 is 0 Å². The summed E-state index contributed by atoms with van der Waals surface area (Å²) >= 11 is 0. The van der Waals surface area contributed by atoms with Crippen molar-refractivity contribution in [1.29, 1.82) is 0 Å². The van der Waals surface area contributed by atoms with Crippen LogP contribution in [0.25, 0.3) is 66.0 Å². The van der Waals surface area contributed by atoms with Gasteiger partial charge in [-0.25, -0.2) is 0 Å². The van der Waals surface area contributed by atoms with Crippen LogP contribution in [0.15, 0.2) is 109 Å². The number of hydrogen-bond donors (Lipinski definition) is 3. The Morgan fingerprint density at radius 3 is 1.15 bits per heavy atom. The molecule has 39 heavy (non-hydrogen) atoms. The molecular weight excluding hydrogens is 486 g/mol. The molecule has 0 bridgehead atoms. The molecule has 0 spiro atoms. The van der Waals surface area contributed by atoms with Crippen LogP contribution in [0.3, 0.4) is 0 Å². The van der Waals surface area contributed by atoms with Crippen molar-refractivity contribution in [3.63, 3.8) is 0 Å². The summed E-state index contributed by atoms with van der Waals surface area (Å²) in [6.45, 7) is 0. The molecule has 7 rings (SSSR count). The highest BCUT2D eigenvalue weighted by Gasteiger charge is 2.27. The first-order valence-corrected chi connectivity index (χ1v) is 12.5. The van der Waals surface area contributed by atoms with Crippen molar-refractivity contribution in [1.82, 2.24) is 15.4 Å². The summed E-state index contributed by atoms with van der Waals surface area (Å²) in [6, 6.07) is 33.5. The lowest BCUT2D eigenvalue weighted by Crippen LogP contribution is -2.02. The molecule has 0 atom stereocenters. The van der Waals surface area contributed by atoms with Gasteiger partial charge < -0.3 is 15.3 Å². The summed E-state index contributed by atoms with van der Waals surface area (Å²) in [5, 5.41) is 51.9. The molecular formula is C33H21N3O3. The molecule has 3 N–H and O–H groups in total. The lowest BCUT2D eigenvalue weighted by molar-refractivity contribution is 0.476. The molecule has 7 aromatic rings. The van der Waals surface area contributed by atoms with Crippen LogP contribution >= 0.6 is 0 Å². The summed E-state index contributed by atoms with van der Waals surface area (Å²) in [7, 11) is 0. The Morgan fingerprint density at radius 1 is 0.359 bits per heavy atom. The van der Waals surface area contributed by atoms with Crippen molar-refractivity contribution in [3.8, 4) is 50.9 Å². The van der Waals surface area contributed by atoms with E-state index in [2.05, 4.69) is 15.4 Å². The molecule has 1 heterocycles. The van der Waals surface area contributed by atoms with Crippen LogP contribution in [-0.4, -0.2) is 30.7 Å². The van der Waals surface area contributed by atoms with Crippen LogP contribution in [-0.2, 0) is 0 Å². The highest BCUT2D eigenvalue weighted by Crippen LogP contribution is 2.49. The first kappa shape index (κ1) is 22.7. The van der Waals surface area contributed by atoms with Gasteiger partial charge in [0.15, 0.2) is 0 Å². The Hall–Kier alpha value is -5.49. The van der Waals surface area contributed by atoms with Crippen molar-refractivity contribution in [2.75, 3.05) is 0 Å². The van der Waals surface area contributed by atoms with Gasteiger partial charge in [-0.05, 0) is 55.7 Å². The van der Waals surface area contributed by atoms with Gasteiger partial charge in [-0.15, -0.1) is 10.2 Å². The molecule has 0 saturated heterocycles. The minimum atomic E-state index is 0.0169. The van der Waals surface area contributed by atoms with Crippen LogP contribution in [0.1, 0.15) is 0 Å². The summed E-state index contributed by atoms with van der Waals surface area (Å²) in [5.41, 5.74) is 2.55. The Bertz CT molecular complexity index is 1970. The van der Waals surface area contributed by atoms with Gasteiger partial charge in [0, 0.05) is 11.1 Å². The smallest absolute Gasteiger partial charge is 0.125 e. The Balaban J connectivity index is 1.71. The molecule has 6 aromatic carbocycles. The van der Waals surface area contributed by atoms with Crippen LogP contribution in [0, 0.1) is 0 Å². The highest BCUT2D eigenvalue weighted by molar-refractivity contribution is 6.12. The highest BCUT2D eigenvalue weighted by atomic mass is 16.3. The molecule has 6 nitrogen and oxygen atoms in total. The maximum atomic E-state index is 11.4. The van der Waals surface area contributed by atoms with Crippen LogP contribution in [0.2, 0.25) is 0 Å². The maximum Gasteiger partial charge on any atom is 0.125 e. The Morgan fingerprint density at radius 2 is 0.718 bits per heavy atom. The average molecular weight is 508 g/mol. The maximum absolute atomic E-state index is 11.4. The van der Waals surface area contributed by atoms with E-state index in [1.807, 2.05) is 91.0 Å². The molecule has 0 saturated carbocycles. The zero-order valence-electron chi connectivity index (χ0n) is 20.6. The molecule has 1 aromatic heterocycles. The van der Waals surface area contributed by atoms with E-state index in [0.717, 1.165) is 32.3 Å². The Labute approximate surface area is 223 Å². The fraction of sp³-hybridized carbons (Fsp3) is 0.